The van der Waals surface area contributed by atoms with Gasteiger partial charge in [-0.2, -0.15) is 4.99 Å². The van der Waals surface area contributed by atoms with E-state index >= 15 is 0 Å². The zero-order valence-corrected chi connectivity index (χ0v) is 18.5. The molecule has 0 radical (unpaired) electrons. The van der Waals surface area contributed by atoms with Gasteiger partial charge in [0.15, 0.2) is 5.11 Å². The minimum absolute atomic E-state index is 0.475. The summed E-state index contributed by atoms with van der Waals surface area (Å²) in [5.74, 6) is 1.28. The van der Waals surface area contributed by atoms with Crippen LogP contribution in [0.15, 0.2) is 41.4 Å². The molecule has 158 valence electrons. The molecule has 0 amide bonds. The van der Waals surface area contributed by atoms with Crippen LogP contribution in [0.2, 0.25) is 0 Å². The van der Waals surface area contributed by atoms with Crippen molar-refractivity contribution in [1.82, 2.24) is 25.1 Å². The van der Waals surface area contributed by atoms with Gasteiger partial charge in [0.2, 0.25) is 11.9 Å². The van der Waals surface area contributed by atoms with Crippen LogP contribution < -0.4 is 10.6 Å². The molecule has 0 atom stereocenters. The standard InChI is InChI=1S/C22H29N7S/c1-16-14-17(2)24-20(23-16)26-21(27-22(30)25-19-8-9-19)29-12-10-28(11-13-29)15-18-6-4-3-5-7-18/h3-7,14,19H,8-13,15H2,1-2H3,(H2,23,24,25,26,27,30). The zero-order valence-electron chi connectivity index (χ0n) is 17.6. The van der Waals surface area contributed by atoms with Gasteiger partial charge < -0.3 is 10.2 Å². The van der Waals surface area contributed by atoms with Crippen molar-refractivity contribution >= 4 is 29.2 Å². The number of nitrogens with one attached hydrogen (secondary N) is 2. The highest BCUT2D eigenvalue weighted by Gasteiger charge is 2.24. The third kappa shape index (κ3) is 5.96. The number of anilines is 1. The highest BCUT2D eigenvalue weighted by atomic mass is 32.1. The fourth-order valence-electron chi connectivity index (χ4n) is 3.55. The molecule has 2 fully saturated rings. The first-order valence-corrected chi connectivity index (χ1v) is 11.0. The molecule has 1 aliphatic carbocycles. The molecule has 4 rings (SSSR count). The van der Waals surface area contributed by atoms with E-state index in [1.54, 1.807) is 0 Å². The summed E-state index contributed by atoms with van der Waals surface area (Å²) in [5.41, 5.74) is 3.20. The lowest BCUT2D eigenvalue weighted by Crippen LogP contribution is -2.50. The maximum atomic E-state index is 5.48. The number of hydrogen-bond donors (Lipinski definition) is 2. The summed E-state index contributed by atoms with van der Waals surface area (Å²) in [6.07, 6.45) is 2.33. The predicted molar refractivity (Wildman–Crippen MR) is 125 cm³/mol. The lowest BCUT2D eigenvalue weighted by molar-refractivity contribution is 0.175. The van der Waals surface area contributed by atoms with Gasteiger partial charge in [-0.05, 0) is 50.5 Å². The van der Waals surface area contributed by atoms with Crippen LogP contribution in [0.4, 0.5) is 5.95 Å². The molecule has 0 unspecified atom stereocenters. The highest BCUT2D eigenvalue weighted by Crippen LogP contribution is 2.19. The van der Waals surface area contributed by atoms with E-state index in [-0.39, 0.29) is 0 Å². The van der Waals surface area contributed by atoms with E-state index < -0.39 is 0 Å². The third-order valence-electron chi connectivity index (χ3n) is 5.24. The molecule has 1 saturated carbocycles. The third-order valence-corrected chi connectivity index (χ3v) is 5.45. The number of aromatic nitrogens is 2. The minimum Gasteiger partial charge on any atom is -0.358 e. The molecule has 1 aromatic carbocycles. The van der Waals surface area contributed by atoms with Gasteiger partial charge in [0.05, 0.1) is 0 Å². The molecule has 2 heterocycles. The second-order valence-electron chi connectivity index (χ2n) is 8.01. The van der Waals surface area contributed by atoms with E-state index in [1.807, 2.05) is 19.9 Å². The number of piperazine rings is 1. The summed E-state index contributed by atoms with van der Waals surface area (Å²) < 4.78 is 0. The highest BCUT2D eigenvalue weighted by molar-refractivity contribution is 7.80. The maximum absolute atomic E-state index is 5.48. The molecule has 0 bridgehead atoms. The second-order valence-corrected chi connectivity index (χ2v) is 8.39. The number of hydrogen-bond acceptors (Lipinski definition) is 4. The van der Waals surface area contributed by atoms with Gasteiger partial charge in [-0.15, -0.1) is 0 Å². The van der Waals surface area contributed by atoms with Crippen molar-refractivity contribution in [2.75, 3.05) is 31.5 Å². The average molecular weight is 424 g/mol. The van der Waals surface area contributed by atoms with Crippen LogP contribution in [-0.2, 0) is 6.54 Å². The molecular weight excluding hydrogens is 394 g/mol. The lowest BCUT2D eigenvalue weighted by Gasteiger charge is -2.36. The summed E-state index contributed by atoms with van der Waals surface area (Å²) >= 11 is 5.48. The average Bonchev–Trinajstić information content (AvgIpc) is 3.52. The number of thiocarbonyl (C=S) groups is 1. The van der Waals surface area contributed by atoms with Crippen LogP contribution in [0, 0.1) is 13.8 Å². The van der Waals surface area contributed by atoms with Crippen molar-refractivity contribution in [2.45, 2.75) is 39.3 Å². The van der Waals surface area contributed by atoms with E-state index in [0.717, 1.165) is 62.9 Å². The monoisotopic (exact) mass is 423 g/mol. The van der Waals surface area contributed by atoms with Crippen LogP contribution in [0.25, 0.3) is 0 Å². The molecule has 2 aromatic rings. The SMILES string of the molecule is Cc1cc(C)nc(N/C(=N/C(=S)NC2CC2)N2CCN(Cc3ccccc3)CC2)n1. The van der Waals surface area contributed by atoms with Crippen molar-refractivity contribution in [3.63, 3.8) is 0 Å². The van der Waals surface area contributed by atoms with E-state index in [4.69, 9.17) is 17.2 Å². The number of guanidine groups is 1. The van der Waals surface area contributed by atoms with E-state index in [2.05, 4.69) is 60.7 Å². The maximum Gasteiger partial charge on any atom is 0.229 e. The minimum atomic E-state index is 0.475. The molecule has 2 N–H and O–H groups in total. The molecule has 8 heteroatoms. The molecule has 30 heavy (non-hydrogen) atoms. The van der Waals surface area contributed by atoms with Crippen LogP contribution in [0.1, 0.15) is 29.8 Å². The molecule has 1 aromatic heterocycles. The Hall–Kier alpha value is -2.58. The first-order chi connectivity index (χ1) is 14.5. The van der Waals surface area contributed by atoms with Gasteiger partial charge in [0, 0.05) is 50.2 Å². The second kappa shape index (κ2) is 9.49. The summed E-state index contributed by atoms with van der Waals surface area (Å²) in [6.45, 7) is 8.58. The van der Waals surface area contributed by atoms with Crippen LogP contribution in [0.5, 0.6) is 0 Å². The number of aliphatic imine (C=N–C) groups is 1. The van der Waals surface area contributed by atoms with Crippen molar-refractivity contribution in [2.24, 2.45) is 4.99 Å². The van der Waals surface area contributed by atoms with Crippen molar-refractivity contribution in [3.8, 4) is 0 Å². The molecule has 1 aliphatic heterocycles. The smallest absolute Gasteiger partial charge is 0.229 e. The van der Waals surface area contributed by atoms with E-state index in [0.29, 0.717) is 17.1 Å². The topological polar surface area (TPSA) is 68.7 Å². The molecule has 2 aliphatic rings. The van der Waals surface area contributed by atoms with E-state index in [9.17, 15) is 0 Å². The summed E-state index contributed by atoms with van der Waals surface area (Å²) in [4.78, 5) is 18.4. The summed E-state index contributed by atoms with van der Waals surface area (Å²) in [6, 6.07) is 13.0. The van der Waals surface area contributed by atoms with Gasteiger partial charge >= 0.3 is 0 Å². The summed E-state index contributed by atoms with van der Waals surface area (Å²) in [7, 11) is 0. The van der Waals surface area contributed by atoms with Crippen LogP contribution >= 0.6 is 12.2 Å². The Labute approximate surface area is 183 Å². The largest absolute Gasteiger partial charge is 0.358 e. The molecule has 0 spiro atoms. The Bertz CT molecular complexity index is 883. The van der Waals surface area contributed by atoms with Gasteiger partial charge in [-0.3, -0.25) is 10.2 Å². The number of rotatable bonds is 4. The van der Waals surface area contributed by atoms with Gasteiger partial charge in [0.25, 0.3) is 0 Å². The number of benzene rings is 1. The molecule has 7 nitrogen and oxygen atoms in total. The number of aryl methyl sites for hydroxylation is 2. The summed E-state index contributed by atoms with van der Waals surface area (Å²) in [5, 5.41) is 7.15. The van der Waals surface area contributed by atoms with E-state index in [1.165, 1.54) is 5.56 Å². The Morgan fingerprint density at radius 3 is 2.37 bits per heavy atom. The van der Waals surface area contributed by atoms with Crippen LogP contribution in [0.3, 0.4) is 0 Å². The Morgan fingerprint density at radius 1 is 1.07 bits per heavy atom. The number of nitrogens with zero attached hydrogens (tertiary/aromatic N) is 5. The Kier molecular flexibility index (Phi) is 6.54. The van der Waals surface area contributed by atoms with Gasteiger partial charge in [-0.25, -0.2) is 9.97 Å². The van der Waals surface area contributed by atoms with Crippen molar-refractivity contribution < 1.29 is 0 Å². The van der Waals surface area contributed by atoms with Gasteiger partial charge in [-0.1, -0.05) is 30.3 Å². The van der Waals surface area contributed by atoms with Crippen molar-refractivity contribution in [1.29, 1.82) is 0 Å². The fourth-order valence-corrected chi connectivity index (χ4v) is 3.80. The van der Waals surface area contributed by atoms with Crippen molar-refractivity contribution in [3.05, 3.63) is 53.3 Å². The quantitative estimate of drug-likeness (QED) is 0.445. The van der Waals surface area contributed by atoms with Gasteiger partial charge in [0.1, 0.15) is 0 Å². The lowest BCUT2D eigenvalue weighted by atomic mass is 10.2. The zero-order chi connectivity index (χ0) is 20.9. The molecular formula is C22H29N7S. The fraction of sp³-hybridized carbons (Fsp3) is 0.455. The Morgan fingerprint density at radius 2 is 1.73 bits per heavy atom. The molecule has 1 saturated heterocycles. The first kappa shape index (κ1) is 20.7. The first-order valence-electron chi connectivity index (χ1n) is 10.5. The van der Waals surface area contributed by atoms with Crippen LogP contribution in [-0.4, -0.2) is 63.1 Å². The normalized spacial score (nSPS) is 17.7. The Balaban J connectivity index is 1.44. The predicted octanol–water partition coefficient (Wildman–Crippen LogP) is 2.72.